The number of nitrogens with one attached hydrogen (secondary N) is 1. The second-order valence-corrected chi connectivity index (χ2v) is 5.93. The van der Waals surface area contributed by atoms with Crippen molar-refractivity contribution in [2.45, 2.75) is 20.3 Å². The molecule has 0 bridgehead atoms. The van der Waals surface area contributed by atoms with Crippen molar-refractivity contribution in [2.75, 3.05) is 0 Å². The van der Waals surface area contributed by atoms with Crippen molar-refractivity contribution in [2.24, 2.45) is 5.92 Å². The van der Waals surface area contributed by atoms with Crippen molar-refractivity contribution in [1.82, 2.24) is 9.97 Å². The van der Waals surface area contributed by atoms with E-state index in [1.54, 1.807) is 22.6 Å². The van der Waals surface area contributed by atoms with Crippen molar-refractivity contribution in [3.8, 4) is 17.3 Å². The summed E-state index contributed by atoms with van der Waals surface area (Å²) < 4.78 is 0.206. The second kappa shape index (κ2) is 5.73. The average molecular weight is 370 g/mol. The van der Waals surface area contributed by atoms with E-state index < -0.39 is 0 Å². The van der Waals surface area contributed by atoms with E-state index in [0.29, 0.717) is 11.7 Å². The van der Waals surface area contributed by atoms with Crippen LogP contribution in [0.3, 0.4) is 0 Å². The number of rotatable bonds is 3. The second-order valence-electron chi connectivity index (χ2n) is 4.85. The standard InChI is InChI=1S/C14H15IN2O2/c1-8(2)7-9-3-5-10(6-4-9)12-16-13(18)11(15)14(19)17-12/h3-6,8H,7H2,1-2H3,(H2,16,17,18,19). The summed E-state index contributed by atoms with van der Waals surface area (Å²) in [5, 5.41) is 9.58. The van der Waals surface area contributed by atoms with E-state index in [4.69, 9.17) is 0 Å². The molecule has 100 valence electrons. The molecule has 2 N–H and O–H groups in total. The van der Waals surface area contributed by atoms with Crippen LogP contribution in [-0.2, 0) is 6.42 Å². The minimum atomic E-state index is -0.325. The number of aromatic nitrogens is 2. The molecular weight excluding hydrogens is 355 g/mol. The van der Waals surface area contributed by atoms with Gasteiger partial charge >= 0.3 is 0 Å². The van der Waals surface area contributed by atoms with Gasteiger partial charge in [0.15, 0.2) is 0 Å². The molecule has 0 fully saturated rings. The van der Waals surface area contributed by atoms with E-state index >= 15 is 0 Å². The predicted octanol–water partition coefficient (Wildman–Crippen LogP) is 2.95. The van der Waals surface area contributed by atoms with E-state index in [0.717, 1.165) is 12.0 Å². The van der Waals surface area contributed by atoms with Crippen LogP contribution in [0, 0.1) is 9.49 Å². The van der Waals surface area contributed by atoms with Gasteiger partial charge in [0.25, 0.3) is 5.56 Å². The summed E-state index contributed by atoms with van der Waals surface area (Å²) in [5.74, 6) is 0.760. The quantitative estimate of drug-likeness (QED) is 0.817. The maximum Gasteiger partial charge on any atom is 0.268 e. The molecule has 0 amide bonds. The third-order valence-electron chi connectivity index (χ3n) is 2.72. The van der Waals surface area contributed by atoms with E-state index in [1.807, 2.05) is 24.3 Å². The highest BCUT2D eigenvalue weighted by Crippen LogP contribution is 2.19. The summed E-state index contributed by atoms with van der Waals surface area (Å²) in [6, 6.07) is 7.85. The zero-order chi connectivity index (χ0) is 14.0. The summed E-state index contributed by atoms with van der Waals surface area (Å²) in [6.07, 6.45) is 1.02. The Hall–Kier alpha value is -1.37. The first-order valence-corrected chi connectivity index (χ1v) is 7.13. The zero-order valence-electron chi connectivity index (χ0n) is 10.8. The van der Waals surface area contributed by atoms with Crippen molar-refractivity contribution in [1.29, 1.82) is 0 Å². The van der Waals surface area contributed by atoms with Gasteiger partial charge in [-0.15, -0.1) is 0 Å². The molecule has 5 heteroatoms. The van der Waals surface area contributed by atoms with Crippen LogP contribution in [0.15, 0.2) is 29.1 Å². The minimum absolute atomic E-state index is 0.206. The van der Waals surface area contributed by atoms with Crippen molar-refractivity contribution in [3.63, 3.8) is 0 Å². The van der Waals surface area contributed by atoms with Crippen LogP contribution in [0.1, 0.15) is 19.4 Å². The molecule has 0 spiro atoms. The molecule has 0 saturated carbocycles. The molecule has 1 heterocycles. The largest absolute Gasteiger partial charge is 0.492 e. The van der Waals surface area contributed by atoms with Gasteiger partial charge in [0, 0.05) is 5.56 Å². The van der Waals surface area contributed by atoms with Gasteiger partial charge in [-0.05, 0) is 40.5 Å². The first-order valence-electron chi connectivity index (χ1n) is 6.05. The lowest BCUT2D eigenvalue weighted by Gasteiger charge is -2.06. The minimum Gasteiger partial charge on any atom is -0.492 e. The SMILES string of the molecule is CC(C)Cc1ccc(-c2nc(O)c(I)c(=O)[nH]2)cc1. The van der Waals surface area contributed by atoms with Gasteiger partial charge in [-0.1, -0.05) is 38.1 Å². The molecule has 19 heavy (non-hydrogen) atoms. The van der Waals surface area contributed by atoms with E-state index in [2.05, 4.69) is 23.8 Å². The van der Waals surface area contributed by atoms with Gasteiger partial charge in [0.05, 0.1) is 0 Å². The summed E-state index contributed by atoms with van der Waals surface area (Å²) >= 11 is 1.77. The van der Waals surface area contributed by atoms with E-state index in [1.165, 1.54) is 5.56 Å². The predicted molar refractivity (Wildman–Crippen MR) is 83.2 cm³/mol. The van der Waals surface area contributed by atoms with Gasteiger partial charge in [-0.25, -0.2) is 0 Å². The van der Waals surface area contributed by atoms with Gasteiger partial charge in [0.2, 0.25) is 5.88 Å². The molecule has 0 saturated heterocycles. The van der Waals surface area contributed by atoms with Gasteiger partial charge in [-0.2, -0.15) is 4.98 Å². The Balaban J connectivity index is 2.35. The molecule has 1 aromatic carbocycles. The highest BCUT2D eigenvalue weighted by molar-refractivity contribution is 14.1. The topological polar surface area (TPSA) is 66.0 Å². The highest BCUT2D eigenvalue weighted by atomic mass is 127. The monoisotopic (exact) mass is 370 g/mol. The van der Waals surface area contributed by atoms with Crippen LogP contribution in [0.25, 0.3) is 11.4 Å². The Morgan fingerprint density at radius 3 is 2.47 bits per heavy atom. The van der Waals surface area contributed by atoms with Gasteiger partial charge in [-0.3, -0.25) is 4.79 Å². The lowest BCUT2D eigenvalue weighted by atomic mass is 10.0. The van der Waals surface area contributed by atoms with Crippen molar-refractivity contribution >= 4 is 22.6 Å². The van der Waals surface area contributed by atoms with Crippen molar-refractivity contribution < 1.29 is 5.11 Å². The van der Waals surface area contributed by atoms with Crippen LogP contribution >= 0.6 is 22.6 Å². The molecule has 2 rings (SSSR count). The number of aromatic hydroxyl groups is 1. The normalized spacial score (nSPS) is 10.9. The van der Waals surface area contributed by atoms with Crippen LogP contribution in [0.5, 0.6) is 5.88 Å². The molecule has 4 nitrogen and oxygen atoms in total. The third-order valence-corrected chi connectivity index (χ3v) is 3.69. The molecule has 2 aromatic rings. The maximum absolute atomic E-state index is 11.6. The number of aromatic amines is 1. The van der Waals surface area contributed by atoms with Crippen molar-refractivity contribution in [3.05, 3.63) is 43.8 Å². The number of halogens is 1. The van der Waals surface area contributed by atoms with Crippen LogP contribution in [0.2, 0.25) is 0 Å². The van der Waals surface area contributed by atoms with Crippen LogP contribution in [-0.4, -0.2) is 15.1 Å². The van der Waals surface area contributed by atoms with E-state index in [-0.39, 0.29) is 15.0 Å². The Morgan fingerprint density at radius 2 is 1.95 bits per heavy atom. The number of hydrogen-bond acceptors (Lipinski definition) is 3. The summed E-state index contributed by atoms with van der Waals surface area (Å²) in [6.45, 7) is 4.34. The lowest BCUT2D eigenvalue weighted by molar-refractivity contribution is 0.447. The third kappa shape index (κ3) is 3.34. The van der Waals surface area contributed by atoms with Crippen LogP contribution in [0.4, 0.5) is 0 Å². The maximum atomic E-state index is 11.6. The zero-order valence-corrected chi connectivity index (χ0v) is 12.9. The van der Waals surface area contributed by atoms with Crippen LogP contribution < -0.4 is 5.56 Å². The molecule has 0 aliphatic heterocycles. The highest BCUT2D eigenvalue weighted by Gasteiger charge is 2.09. The summed E-state index contributed by atoms with van der Waals surface area (Å²) in [5.41, 5.74) is 1.71. The van der Waals surface area contributed by atoms with Gasteiger partial charge in [0.1, 0.15) is 9.39 Å². The molecule has 1 aromatic heterocycles. The molecule has 0 atom stereocenters. The Bertz CT molecular complexity index is 633. The summed E-state index contributed by atoms with van der Waals surface area (Å²) in [4.78, 5) is 18.2. The molecule has 0 unspecified atom stereocenters. The smallest absolute Gasteiger partial charge is 0.268 e. The molecule has 0 aliphatic rings. The number of benzene rings is 1. The Morgan fingerprint density at radius 1 is 1.32 bits per heavy atom. The molecule has 0 radical (unpaired) electrons. The first kappa shape index (κ1) is 14.0. The fraction of sp³-hybridized carbons (Fsp3) is 0.286. The molecule has 0 aliphatic carbocycles. The number of nitrogens with zero attached hydrogens (tertiary/aromatic N) is 1. The molecular formula is C14H15IN2O2. The summed E-state index contributed by atoms with van der Waals surface area (Å²) in [7, 11) is 0. The number of hydrogen-bond donors (Lipinski definition) is 2. The average Bonchev–Trinajstić information content (AvgIpc) is 2.35. The van der Waals surface area contributed by atoms with Gasteiger partial charge < -0.3 is 10.1 Å². The number of H-pyrrole nitrogens is 1. The Labute approximate surface area is 125 Å². The Kier molecular flexibility index (Phi) is 4.24. The lowest BCUT2D eigenvalue weighted by Crippen LogP contribution is -2.12. The van der Waals surface area contributed by atoms with E-state index in [9.17, 15) is 9.90 Å². The first-order chi connectivity index (χ1) is 8.97. The fourth-order valence-electron chi connectivity index (χ4n) is 1.85. The fourth-order valence-corrected chi connectivity index (χ4v) is 2.11.